The van der Waals surface area contributed by atoms with Gasteiger partial charge in [-0.2, -0.15) is 0 Å². The van der Waals surface area contributed by atoms with E-state index in [1.54, 1.807) is 23.5 Å². The summed E-state index contributed by atoms with van der Waals surface area (Å²) in [7, 11) is 0. The van der Waals surface area contributed by atoms with Gasteiger partial charge in [-0.3, -0.25) is 0 Å². The maximum Gasteiger partial charge on any atom is 2.00 e. The Morgan fingerprint density at radius 1 is 0.941 bits per heavy atom. The molecule has 2 heterocycles. The van der Waals surface area contributed by atoms with Crippen LogP contribution in [0.4, 0.5) is 0 Å². The third-order valence-electron chi connectivity index (χ3n) is 1.86. The molecule has 2 N–H and O–H groups in total. The van der Waals surface area contributed by atoms with E-state index in [9.17, 15) is 0 Å². The molecular weight excluding hydrogens is 382 g/mol. The maximum absolute atomic E-state index is 4.79. The number of rotatable bonds is 2. The van der Waals surface area contributed by atoms with E-state index in [0.29, 0.717) is 8.39 Å². The molecule has 2 saturated heterocycles. The molecular formula is C8H12N2S6Zn. The monoisotopic (exact) mass is 392 g/mol. The molecule has 0 bridgehead atoms. The van der Waals surface area contributed by atoms with Gasteiger partial charge < -0.3 is 60.3 Å². The van der Waals surface area contributed by atoms with Gasteiger partial charge in [0.1, 0.15) is 0 Å². The summed E-state index contributed by atoms with van der Waals surface area (Å²) in [6, 6.07) is 0. The van der Waals surface area contributed by atoms with Crippen LogP contribution in [0.5, 0.6) is 0 Å². The van der Waals surface area contributed by atoms with Crippen molar-refractivity contribution in [2.75, 3.05) is 24.6 Å². The average Bonchev–Trinajstić information content (AvgIpc) is 2.93. The minimum absolute atomic E-state index is 0. The van der Waals surface area contributed by atoms with Crippen LogP contribution in [0.3, 0.4) is 0 Å². The number of thioether (sulfide) groups is 2. The predicted octanol–water partition coefficient (Wildman–Crippen LogP) is 1.04. The van der Waals surface area contributed by atoms with Gasteiger partial charge in [-0.15, -0.1) is 31.9 Å². The normalized spacial score (nSPS) is 26.6. The summed E-state index contributed by atoms with van der Waals surface area (Å²) < 4.78 is 1.32. The second-order valence-corrected chi connectivity index (χ2v) is 7.75. The van der Waals surface area contributed by atoms with Crippen LogP contribution in [-0.2, 0) is 44.7 Å². The van der Waals surface area contributed by atoms with Crippen molar-refractivity contribution in [2.45, 2.75) is 10.7 Å². The van der Waals surface area contributed by atoms with E-state index in [1.807, 2.05) is 0 Å². The molecule has 0 saturated carbocycles. The van der Waals surface area contributed by atoms with Crippen molar-refractivity contribution in [1.82, 2.24) is 10.6 Å². The van der Waals surface area contributed by atoms with Crippen molar-refractivity contribution in [2.24, 2.45) is 0 Å². The first-order valence-electron chi connectivity index (χ1n) is 4.73. The predicted molar refractivity (Wildman–Crippen MR) is 88.4 cm³/mol. The van der Waals surface area contributed by atoms with E-state index in [0.717, 1.165) is 24.6 Å². The van der Waals surface area contributed by atoms with Gasteiger partial charge >= 0.3 is 19.5 Å². The van der Waals surface area contributed by atoms with E-state index < -0.39 is 0 Å². The topological polar surface area (TPSA) is 24.1 Å². The molecule has 0 amide bonds. The molecule has 9 heteroatoms. The molecule has 0 aromatic rings. The van der Waals surface area contributed by atoms with Crippen LogP contribution in [-0.4, -0.2) is 43.7 Å². The third-order valence-corrected chi connectivity index (χ3v) is 5.75. The molecule has 17 heavy (non-hydrogen) atoms. The van der Waals surface area contributed by atoms with Crippen molar-refractivity contribution in [1.29, 1.82) is 0 Å². The van der Waals surface area contributed by atoms with E-state index in [2.05, 4.69) is 10.6 Å². The molecule has 2 nitrogen and oxygen atoms in total. The fourth-order valence-corrected chi connectivity index (χ4v) is 3.99. The van der Waals surface area contributed by atoms with Gasteiger partial charge in [-0.1, -0.05) is 0 Å². The zero-order valence-corrected chi connectivity index (χ0v) is 17.0. The van der Waals surface area contributed by atoms with Gasteiger partial charge in [0, 0.05) is 24.6 Å². The smallest absolute Gasteiger partial charge is 0.431 e. The van der Waals surface area contributed by atoms with Gasteiger partial charge in [0.25, 0.3) is 0 Å². The minimum atomic E-state index is 0. The van der Waals surface area contributed by atoms with Crippen molar-refractivity contribution < 1.29 is 19.5 Å². The van der Waals surface area contributed by atoms with Crippen molar-refractivity contribution >= 4 is 81.6 Å². The first-order valence-corrected chi connectivity index (χ1v) is 8.46. The minimum Gasteiger partial charge on any atom is -0.431 e. The van der Waals surface area contributed by atoms with Gasteiger partial charge in [-0.25, -0.2) is 0 Å². The summed E-state index contributed by atoms with van der Waals surface area (Å²) in [6.07, 6.45) is 0. The second-order valence-electron chi connectivity index (χ2n) is 3.05. The van der Waals surface area contributed by atoms with Crippen LogP contribution in [0.1, 0.15) is 0 Å². The van der Waals surface area contributed by atoms with Crippen LogP contribution in [0.25, 0.3) is 0 Å². The summed E-state index contributed by atoms with van der Waals surface area (Å²) in [5.41, 5.74) is 0. The Morgan fingerprint density at radius 3 is 1.41 bits per heavy atom. The van der Waals surface area contributed by atoms with Crippen LogP contribution in [0.15, 0.2) is 0 Å². The number of hydrogen-bond acceptors (Lipinski definition) is 8. The average molecular weight is 394 g/mol. The molecule has 2 fully saturated rings. The molecule has 2 rings (SSSR count). The maximum atomic E-state index is 4.79. The summed E-state index contributed by atoms with van der Waals surface area (Å²) in [5.74, 6) is 2.28. The zero-order valence-electron chi connectivity index (χ0n) is 9.14. The molecule has 0 aromatic carbocycles. The van der Waals surface area contributed by atoms with Crippen molar-refractivity contribution in [3.63, 3.8) is 0 Å². The second kappa shape index (κ2) is 10.6. The van der Waals surface area contributed by atoms with E-state index in [-0.39, 0.29) is 30.2 Å². The molecule has 92 valence electrons. The summed E-state index contributed by atoms with van der Waals surface area (Å²) in [4.78, 5) is 0. The molecule has 0 radical (unpaired) electrons. The Bertz CT molecular complexity index is 226. The number of hydrogen-bond donors (Lipinski definition) is 2. The van der Waals surface area contributed by atoms with E-state index in [1.165, 1.54) is 0 Å². The van der Waals surface area contributed by atoms with Crippen LogP contribution in [0, 0.1) is 0 Å². The number of nitrogens with one attached hydrogen (secondary N) is 2. The van der Waals surface area contributed by atoms with Crippen LogP contribution < -0.4 is 10.6 Å². The molecule has 0 aliphatic carbocycles. The van der Waals surface area contributed by atoms with Crippen molar-refractivity contribution in [3.05, 3.63) is 0 Å². The molecule has 0 aromatic heterocycles. The Hall–Kier alpha value is 1.86. The Morgan fingerprint density at radius 2 is 1.29 bits per heavy atom. The van der Waals surface area contributed by atoms with Crippen molar-refractivity contribution in [3.8, 4) is 0 Å². The van der Waals surface area contributed by atoms with E-state index >= 15 is 0 Å². The SMILES string of the molecule is S=C([S-])C1NCCS1.S=C([S-])C1NCCS1.[Zn+2]. The Balaban J connectivity index is 0.000000284. The third kappa shape index (κ3) is 7.89. The molecule has 2 aliphatic heterocycles. The molecule has 2 atom stereocenters. The summed E-state index contributed by atoms with van der Waals surface area (Å²) in [5, 5.41) is 6.90. The van der Waals surface area contributed by atoms with Gasteiger partial charge in [0.05, 0.1) is 10.7 Å². The summed E-state index contributed by atoms with van der Waals surface area (Å²) >= 11 is 22.7. The van der Waals surface area contributed by atoms with Gasteiger partial charge in [0.2, 0.25) is 0 Å². The first kappa shape index (κ1) is 18.9. The van der Waals surface area contributed by atoms with Gasteiger partial charge in [-0.05, 0) is 0 Å². The summed E-state index contributed by atoms with van der Waals surface area (Å²) in [6.45, 7) is 2.10. The van der Waals surface area contributed by atoms with Crippen LogP contribution >= 0.6 is 48.0 Å². The molecule has 2 aliphatic rings. The first-order chi connectivity index (χ1) is 7.61. The fourth-order valence-electron chi connectivity index (χ4n) is 1.15. The standard InChI is InChI=1S/2C4H7NS3.Zn/c2*6-4(7)3-5-1-2-8-3;/h2*3,5H,1-2H2,(H,6,7);/q;;+2/p-2. The number of thiocarbonyl (C=S) groups is 2. The zero-order chi connectivity index (χ0) is 12.0. The quantitative estimate of drug-likeness (QED) is 0.408. The fraction of sp³-hybridized carbons (Fsp3) is 0.750. The van der Waals surface area contributed by atoms with Gasteiger partial charge in [0.15, 0.2) is 0 Å². The largest absolute Gasteiger partial charge is 2.00 e. The molecule has 2 unspecified atom stereocenters. The van der Waals surface area contributed by atoms with Crippen LogP contribution in [0.2, 0.25) is 0 Å². The van der Waals surface area contributed by atoms with E-state index in [4.69, 9.17) is 49.7 Å². The molecule has 0 spiro atoms. The Labute approximate surface area is 146 Å². The Kier molecular flexibility index (Phi) is 11.8.